The lowest BCUT2D eigenvalue weighted by Crippen LogP contribution is -2.54. The fourth-order valence-corrected chi connectivity index (χ4v) is 2.96. The molecule has 0 amide bonds. The average molecular weight is 229 g/mol. The normalized spacial score (nSPS) is 14.4. The Morgan fingerprint density at radius 1 is 1.00 bits per heavy atom. The SMILES string of the molecule is CCOC(CC)(CC)C(NC)C(CC)CC. The first-order valence-electron chi connectivity index (χ1n) is 6.96. The quantitative estimate of drug-likeness (QED) is 0.652. The van der Waals surface area contributed by atoms with Crippen LogP contribution in [0.4, 0.5) is 0 Å². The molecule has 0 aliphatic carbocycles. The van der Waals surface area contributed by atoms with Gasteiger partial charge in [-0.1, -0.05) is 40.5 Å². The zero-order valence-electron chi connectivity index (χ0n) is 12.1. The van der Waals surface area contributed by atoms with Gasteiger partial charge in [-0.05, 0) is 32.7 Å². The van der Waals surface area contributed by atoms with E-state index in [0.717, 1.165) is 19.4 Å². The van der Waals surface area contributed by atoms with E-state index in [-0.39, 0.29) is 5.60 Å². The number of ether oxygens (including phenoxy) is 1. The van der Waals surface area contributed by atoms with E-state index in [2.05, 4.69) is 47.0 Å². The Balaban J connectivity index is 4.94. The molecule has 0 saturated carbocycles. The fourth-order valence-electron chi connectivity index (χ4n) is 2.96. The summed E-state index contributed by atoms with van der Waals surface area (Å²) in [6, 6.07) is 0.470. The molecule has 0 aromatic rings. The van der Waals surface area contributed by atoms with Crippen molar-refractivity contribution in [2.45, 2.75) is 71.9 Å². The van der Waals surface area contributed by atoms with Gasteiger partial charge in [0, 0.05) is 12.6 Å². The lowest BCUT2D eigenvalue weighted by atomic mass is 9.78. The van der Waals surface area contributed by atoms with Crippen LogP contribution in [0.1, 0.15) is 60.3 Å². The molecule has 1 atom stereocenters. The highest BCUT2D eigenvalue weighted by Gasteiger charge is 2.38. The van der Waals surface area contributed by atoms with Crippen molar-refractivity contribution in [2.75, 3.05) is 13.7 Å². The van der Waals surface area contributed by atoms with Crippen LogP contribution in [-0.4, -0.2) is 25.3 Å². The fraction of sp³-hybridized carbons (Fsp3) is 1.00. The minimum Gasteiger partial charge on any atom is -0.374 e. The van der Waals surface area contributed by atoms with Gasteiger partial charge >= 0.3 is 0 Å². The summed E-state index contributed by atoms with van der Waals surface area (Å²) < 4.78 is 6.10. The van der Waals surface area contributed by atoms with Crippen molar-refractivity contribution < 1.29 is 4.74 Å². The third kappa shape index (κ3) is 3.46. The summed E-state index contributed by atoms with van der Waals surface area (Å²) in [5.41, 5.74) is 0.0141. The van der Waals surface area contributed by atoms with Gasteiger partial charge in [-0.2, -0.15) is 0 Å². The molecule has 1 unspecified atom stereocenters. The van der Waals surface area contributed by atoms with Gasteiger partial charge in [0.15, 0.2) is 0 Å². The Labute approximate surface area is 102 Å². The van der Waals surface area contributed by atoms with Crippen LogP contribution in [0, 0.1) is 5.92 Å². The molecule has 0 bridgehead atoms. The molecule has 1 N–H and O–H groups in total. The topological polar surface area (TPSA) is 21.3 Å². The van der Waals surface area contributed by atoms with Crippen molar-refractivity contribution in [3.8, 4) is 0 Å². The molecule has 0 spiro atoms. The standard InChI is InChI=1S/C14H31NO/c1-7-12(8-2)13(15-6)14(9-3,10-4)16-11-5/h12-13,15H,7-11H2,1-6H3. The smallest absolute Gasteiger partial charge is 0.0831 e. The second-order valence-corrected chi connectivity index (χ2v) is 4.55. The van der Waals surface area contributed by atoms with Gasteiger partial charge in [-0.3, -0.25) is 0 Å². The summed E-state index contributed by atoms with van der Waals surface area (Å²) in [7, 11) is 2.07. The lowest BCUT2D eigenvalue weighted by molar-refractivity contribution is -0.0846. The molecule has 0 radical (unpaired) electrons. The summed E-state index contributed by atoms with van der Waals surface area (Å²) in [5.74, 6) is 0.705. The van der Waals surface area contributed by atoms with Crippen molar-refractivity contribution in [1.29, 1.82) is 0 Å². The number of nitrogens with one attached hydrogen (secondary N) is 1. The van der Waals surface area contributed by atoms with Gasteiger partial charge in [0.05, 0.1) is 5.60 Å². The van der Waals surface area contributed by atoms with Crippen LogP contribution in [0.15, 0.2) is 0 Å². The van der Waals surface area contributed by atoms with Crippen LogP contribution in [0.2, 0.25) is 0 Å². The maximum atomic E-state index is 6.10. The Kier molecular flexibility index (Phi) is 8.04. The lowest BCUT2D eigenvalue weighted by Gasteiger charge is -2.43. The molecule has 2 heteroatoms. The first-order chi connectivity index (χ1) is 7.65. The van der Waals surface area contributed by atoms with Crippen molar-refractivity contribution in [3.05, 3.63) is 0 Å². The molecule has 98 valence electrons. The summed E-state index contributed by atoms with van der Waals surface area (Å²) in [6.07, 6.45) is 4.60. The largest absolute Gasteiger partial charge is 0.374 e. The molecular formula is C14H31NO. The van der Waals surface area contributed by atoms with Gasteiger partial charge < -0.3 is 10.1 Å². The predicted molar refractivity (Wildman–Crippen MR) is 71.9 cm³/mol. The summed E-state index contributed by atoms with van der Waals surface area (Å²) >= 11 is 0. The van der Waals surface area contributed by atoms with Gasteiger partial charge in [0.2, 0.25) is 0 Å². The molecule has 0 aromatic carbocycles. The van der Waals surface area contributed by atoms with E-state index in [1.165, 1.54) is 12.8 Å². The van der Waals surface area contributed by atoms with E-state index in [1.54, 1.807) is 0 Å². The van der Waals surface area contributed by atoms with Crippen LogP contribution in [-0.2, 0) is 4.74 Å². The number of rotatable bonds is 9. The van der Waals surface area contributed by atoms with E-state index in [4.69, 9.17) is 4.74 Å². The maximum Gasteiger partial charge on any atom is 0.0831 e. The van der Waals surface area contributed by atoms with Crippen molar-refractivity contribution in [3.63, 3.8) is 0 Å². The average Bonchev–Trinajstić information content (AvgIpc) is 2.33. The van der Waals surface area contributed by atoms with Gasteiger partial charge in [-0.15, -0.1) is 0 Å². The van der Waals surface area contributed by atoms with Crippen LogP contribution in [0.3, 0.4) is 0 Å². The predicted octanol–water partition coefficient (Wildman–Crippen LogP) is 3.61. The van der Waals surface area contributed by atoms with Gasteiger partial charge in [-0.25, -0.2) is 0 Å². The Hall–Kier alpha value is -0.0800. The van der Waals surface area contributed by atoms with Crippen molar-refractivity contribution >= 4 is 0 Å². The van der Waals surface area contributed by atoms with Gasteiger partial charge in [0.25, 0.3) is 0 Å². The van der Waals surface area contributed by atoms with Crippen LogP contribution < -0.4 is 5.32 Å². The van der Waals surface area contributed by atoms with Crippen molar-refractivity contribution in [1.82, 2.24) is 5.32 Å². The second-order valence-electron chi connectivity index (χ2n) is 4.55. The molecule has 0 heterocycles. The number of likely N-dealkylation sites (N-methyl/N-ethyl adjacent to an activating group) is 1. The summed E-state index contributed by atoms with van der Waals surface area (Å²) in [4.78, 5) is 0. The van der Waals surface area contributed by atoms with E-state index >= 15 is 0 Å². The van der Waals surface area contributed by atoms with Crippen LogP contribution >= 0.6 is 0 Å². The molecular weight excluding hydrogens is 198 g/mol. The van der Waals surface area contributed by atoms with Crippen LogP contribution in [0.25, 0.3) is 0 Å². The Morgan fingerprint density at radius 3 is 1.75 bits per heavy atom. The molecule has 0 aliphatic heterocycles. The number of hydrogen-bond acceptors (Lipinski definition) is 2. The summed E-state index contributed by atoms with van der Waals surface area (Å²) in [5, 5.41) is 3.51. The van der Waals surface area contributed by atoms with E-state index in [0.29, 0.717) is 12.0 Å². The third-order valence-electron chi connectivity index (χ3n) is 4.03. The minimum atomic E-state index is 0.0141. The number of hydrogen-bond donors (Lipinski definition) is 1. The minimum absolute atomic E-state index is 0.0141. The third-order valence-corrected chi connectivity index (χ3v) is 4.03. The first-order valence-corrected chi connectivity index (χ1v) is 6.96. The first kappa shape index (κ1) is 15.9. The highest BCUT2D eigenvalue weighted by atomic mass is 16.5. The zero-order chi connectivity index (χ0) is 12.6. The maximum absolute atomic E-state index is 6.10. The van der Waals surface area contributed by atoms with E-state index < -0.39 is 0 Å². The van der Waals surface area contributed by atoms with Crippen LogP contribution in [0.5, 0.6) is 0 Å². The van der Waals surface area contributed by atoms with E-state index in [1.807, 2.05) is 0 Å². The highest BCUT2D eigenvalue weighted by Crippen LogP contribution is 2.31. The molecule has 0 aliphatic rings. The molecule has 0 saturated heterocycles. The highest BCUT2D eigenvalue weighted by molar-refractivity contribution is 4.94. The van der Waals surface area contributed by atoms with Crippen molar-refractivity contribution in [2.24, 2.45) is 5.92 Å². The molecule has 0 fully saturated rings. The Morgan fingerprint density at radius 2 is 1.50 bits per heavy atom. The molecule has 16 heavy (non-hydrogen) atoms. The summed E-state index contributed by atoms with van der Waals surface area (Å²) in [6.45, 7) is 11.9. The van der Waals surface area contributed by atoms with Gasteiger partial charge in [0.1, 0.15) is 0 Å². The second kappa shape index (κ2) is 8.08. The monoisotopic (exact) mass is 229 g/mol. The zero-order valence-corrected chi connectivity index (χ0v) is 12.1. The molecule has 2 nitrogen and oxygen atoms in total. The molecule has 0 aromatic heterocycles. The Bertz CT molecular complexity index is 162. The van der Waals surface area contributed by atoms with E-state index in [9.17, 15) is 0 Å². The molecule has 0 rings (SSSR count).